The van der Waals surface area contributed by atoms with Crippen molar-refractivity contribution in [3.63, 3.8) is 0 Å². The second-order valence-electron chi connectivity index (χ2n) is 4.73. The van der Waals surface area contributed by atoms with Gasteiger partial charge in [0.15, 0.2) is 0 Å². The minimum Gasteiger partial charge on any atom is -0.325 e. The molecule has 2 aromatic rings. The maximum absolute atomic E-state index is 12.5. The Morgan fingerprint density at radius 2 is 2.19 bits per heavy atom. The van der Waals surface area contributed by atoms with E-state index in [-0.39, 0.29) is 11.4 Å². The lowest BCUT2D eigenvalue weighted by Gasteiger charge is -2.15. The molecular weight excluding hydrogens is 312 g/mol. The topological polar surface area (TPSA) is 101 Å². The van der Waals surface area contributed by atoms with E-state index in [2.05, 4.69) is 14.9 Å². The molecule has 6 nitrogen and oxygen atoms in total. The van der Waals surface area contributed by atoms with Crippen LogP contribution in [0.4, 0.5) is 0 Å². The van der Waals surface area contributed by atoms with Gasteiger partial charge in [-0.3, -0.25) is 5.10 Å². The molecule has 0 aliphatic rings. The van der Waals surface area contributed by atoms with Crippen molar-refractivity contribution in [2.75, 3.05) is 0 Å². The number of aromatic amines is 1. The molecular formula is C13H17ClN4O2S. The van der Waals surface area contributed by atoms with Gasteiger partial charge in [0.05, 0.1) is 11.4 Å². The molecule has 0 amide bonds. The van der Waals surface area contributed by atoms with E-state index in [1.54, 1.807) is 32.0 Å². The molecule has 2 rings (SSSR count). The Hall–Kier alpha value is -1.41. The summed E-state index contributed by atoms with van der Waals surface area (Å²) in [7, 11) is -3.72. The van der Waals surface area contributed by atoms with Crippen LogP contribution in [0.25, 0.3) is 0 Å². The molecule has 0 saturated carbocycles. The van der Waals surface area contributed by atoms with E-state index in [1.165, 1.54) is 0 Å². The Morgan fingerprint density at radius 1 is 1.48 bits per heavy atom. The first-order valence-corrected chi connectivity index (χ1v) is 8.23. The number of nitrogens with zero attached hydrogens (tertiary/aromatic N) is 1. The normalized spacial score (nSPS) is 13.3. The second-order valence-corrected chi connectivity index (χ2v) is 6.81. The van der Waals surface area contributed by atoms with Gasteiger partial charge >= 0.3 is 0 Å². The number of nitrogens with one attached hydrogen (secondary N) is 2. The monoisotopic (exact) mass is 328 g/mol. The molecule has 4 N–H and O–H groups in total. The Balaban J connectivity index is 2.31. The largest absolute Gasteiger partial charge is 0.325 e. The van der Waals surface area contributed by atoms with Gasteiger partial charge in [-0.1, -0.05) is 23.7 Å². The van der Waals surface area contributed by atoms with E-state index < -0.39 is 16.1 Å². The lowest BCUT2D eigenvalue weighted by molar-refractivity contribution is 0.565. The summed E-state index contributed by atoms with van der Waals surface area (Å²) < 4.78 is 27.6. The van der Waals surface area contributed by atoms with Crippen molar-refractivity contribution in [2.45, 2.75) is 31.3 Å². The van der Waals surface area contributed by atoms with Crippen LogP contribution >= 0.6 is 11.6 Å². The maximum Gasteiger partial charge on any atom is 0.244 e. The molecule has 1 aromatic carbocycles. The minimum absolute atomic E-state index is 0.0477. The van der Waals surface area contributed by atoms with E-state index in [0.717, 1.165) is 5.56 Å². The number of H-pyrrole nitrogens is 1. The zero-order valence-electron chi connectivity index (χ0n) is 11.7. The summed E-state index contributed by atoms with van der Waals surface area (Å²) in [6.07, 6.45) is 0. The van der Waals surface area contributed by atoms with Crippen molar-refractivity contribution in [3.8, 4) is 0 Å². The molecule has 1 aromatic heterocycles. The molecule has 0 bridgehead atoms. The Labute approximate surface area is 128 Å². The molecule has 114 valence electrons. The van der Waals surface area contributed by atoms with Crippen molar-refractivity contribution in [1.29, 1.82) is 0 Å². The van der Waals surface area contributed by atoms with Crippen LogP contribution < -0.4 is 10.5 Å². The fourth-order valence-electron chi connectivity index (χ4n) is 2.10. The molecule has 0 aliphatic heterocycles. The van der Waals surface area contributed by atoms with Gasteiger partial charge < -0.3 is 5.73 Å². The highest BCUT2D eigenvalue weighted by Gasteiger charge is 2.25. The summed E-state index contributed by atoms with van der Waals surface area (Å²) in [5.74, 6) is 0. The highest BCUT2D eigenvalue weighted by molar-refractivity contribution is 7.89. The third-order valence-corrected chi connectivity index (χ3v) is 5.08. The zero-order valence-corrected chi connectivity index (χ0v) is 13.3. The molecule has 8 heteroatoms. The van der Waals surface area contributed by atoms with E-state index in [9.17, 15) is 8.42 Å². The second kappa shape index (κ2) is 6.15. The van der Waals surface area contributed by atoms with Crippen LogP contribution in [0.15, 0.2) is 29.2 Å². The fourth-order valence-corrected chi connectivity index (χ4v) is 3.91. The van der Waals surface area contributed by atoms with Crippen molar-refractivity contribution in [2.24, 2.45) is 5.73 Å². The van der Waals surface area contributed by atoms with E-state index in [0.29, 0.717) is 16.4 Å². The average molecular weight is 329 g/mol. The van der Waals surface area contributed by atoms with Crippen LogP contribution in [0.2, 0.25) is 5.02 Å². The number of nitrogens with two attached hydrogens (primary N) is 1. The summed E-state index contributed by atoms with van der Waals surface area (Å²) in [6, 6.07) is 6.62. The zero-order chi connectivity index (χ0) is 15.6. The van der Waals surface area contributed by atoms with Crippen LogP contribution in [0, 0.1) is 6.92 Å². The van der Waals surface area contributed by atoms with Crippen LogP contribution in [-0.4, -0.2) is 18.6 Å². The van der Waals surface area contributed by atoms with Crippen LogP contribution in [0.5, 0.6) is 0 Å². The van der Waals surface area contributed by atoms with Crippen molar-refractivity contribution < 1.29 is 8.42 Å². The smallest absolute Gasteiger partial charge is 0.244 e. The van der Waals surface area contributed by atoms with Gasteiger partial charge in [0.1, 0.15) is 4.90 Å². The summed E-state index contributed by atoms with van der Waals surface area (Å²) in [5.41, 5.74) is 7.09. The number of hydrogen-bond acceptors (Lipinski definition) is 4. The number of halogens is 1. The van der Waals surface area contributed by atoms with Crippen molar-refractivity contribution >= 4 is 21.6 Å². The van der Waals surface area contributed by atoms with E-state index in [4.69, 9.17) is 17.3 Å². The third-order valence-electron chi connectivity index (χ3n) is 3.10. The quantitative estimate of drug-likeness (QED) is 0.779. The molecule has 1 heterocycles. The maximum atomic E-state index is 12.5. The standard InChI is InChI=1S/C13H17ClN4O2S/c1-8(10-4-3-5-11(14)6-10)18-21(19,20)13-9(2)16-17-12(13)7-15/h3-6,8,18H,7,15H2,1-2H3,(H,16,17). The Kier molecular flexibility index (Phi) is 4.67. The first kappa shape index (κ1) is 16.0. The lowest BCUT2D eigenvalue weighted by Crippen LogP contribution is -2.28. The van der Waals surface area contributed by atoms with E-state index in [1.807, 2.05) is 6.07 Å². The predicted molar refractivity (Wildman–Crippen MR) is 81.4 cm³/mol. The highest BCUT2D eigenvalue weighted by atomic mass is 35.5. The SMILES string of the molecule is Cc1[nH]nc(CN)c1S(=O)(=O)NC(C)c1cccc(Cl)c1. The summed E-state index contributed by atoms with van der Waals surface area (Å²) in [5, 5.41) is 7.11. The molecule has 1 atom stereocenters. The Morgan fingerprint density at radius 3 is 2.81 bits per heavy atom. The molecule has 0 spiro atoms. The highest BCUT2D eigenvalue weighted by Crippen LogP contribution is 2.22. The molecule has 1 unspecified atom stereocenters. The van der Waals surface area contributed by atoms with Gasteiger partial charge in [0.25, 0.3) is 0 Å². The molecule has 0 fully saturated rings. The number of aromatic nitrogens is 2. The van der Waals surface area contributed by atoms with E-state index >= 15 is 0 Å². The van der Waals surface area contributed by atoms with Gasteiger partial charge in [-0.2, -0.15) is 5.10 Å². The average Bonchev–Trinajstić information content (AvgIpc) is 2.80. The van der Waals surface area contributed by atoms with Gasteiger partial charge in [-0.15, -0.1) is 0 Å². The number of sulfonamides is 1. The summed E-state index contributed by atoms with van der Waals surface area (Å²) >= 11 is 5.92. The van der Waals surface area contributed by atoms with Crippen molar-refractivity contribution in [3.05, 3.63) is 46.2 Å². The van der Waals surface area contributed by atoms with Gasteiger partial charge in [-0.25, -0.2) is 13.1 Å². The predicted octanol–water partition coefficient (Wildman–Crippen LogP) is 1.87. The van der Waals surface area contributed by atoms with Gasteiger partial charge in [0.2, 0.25) is 10.0 Å². The van der Waals surface area contributed by atoms with Crippen LogP contribution in [0.3, 0.4) is 0 Å². The fraction of sp³-hybridized carbons (Fsp3) is 0.308. The lowest BCUT2D eigenvalue weighted by atomic mass is 10.1. The third kappa shape index (κ3) is 3.44. The molecule has 0 saturated heterocycles. The number of hydrogen-bond donors (Lipinski definition) is 3. The molecule has 21 heavy (non-hydrogen) atoms. The Bertz CT molecular complexity index is 742. The minimum atomic E-state index is -3.72. The first-order valence-electron chi connectivity index (χ1n) is 6.37. The number of aryl methyl sites for hydroxylation is 1. The number of benzene rings is 1. The van der Waals surface area contributed by atoms with Crippen LogP contribution in [-0.2, 0) is 16.6 Å². The summed E-state index contributed by atoms with van der Waals surface area (Å²) in [6.45, 7) is 3.44. The summed E-state index contributed by atoms with van der Waals surface area (Å²) in [4.78, 5) is 0.110. The molecule has 0 aliphatic carbocycles. The molecule has 0 radical (unpaired) electrons. The van der Waals surface area contributed by atoms with Gasteiger partial charge in [0, 0.05) is 17.6 Å². The van der Waals surface area contributed by atoms with Crippen molar-refractivity contribution in [1.82, 2.24) is 14.9 Å². The van der Waals surface area contributed by atoms with Crippen LogP contribution in [0.1, 0.15) is 29.9 Å². The number of rotatable bonds is 5. The first-order chi connectivity index (χ1) is 9.85. The van der Waals surface area contributed by atoms with Gasteiger partial charge in [-0.05, 0) is 31.5 Å².